The lowest BCUT2D eigenvalue weighted by Gasteiger charge is -2.29. The van der Waals surface area contributed by atoms with Crippen LogP contribution in [-0.4, -0.2) is 46.7 Å². The number of fused-ring (bicyclic) bond motifs is 1. The number of alkyl halides is 2. The summed E-state index contributed by atoms with van der Waals surface area (Å²) in [6.45, 7) is 4.76. The molecule has 1 saturated heterocycles. The van der Waals surface area contributed by atoms with Crippen LogP contribution in [0.2, 0.25) is 0 Å². The highest BCUT2D eigenvalue weighted by atomic mass is 19.3. The van der Waals surface area contributed by atoms with Gasteiger partial charge in [-0.05, 0) is 36.6 Å². The number of nitrogens with one attached hydrogen (secondary N) is 2. The summed E-state index contributed by atoms with van der Waals surface area (Å²) in [5, 5.41) is 4.42. The maximum absolute atomic E-state index is 14.4. The maximum atomic E-state index is 14.4. The fourth-order valence-corrected chi connectivity index (χ4v) is 3.63. The van der Waals surface area contributed by atoms with Gasteiger partial charge in [-0.25, -0.2) is 0 Å². The van der Waals surface area contributed by atoms with Crippen LogP contribution >= 0.6 is 0 Å². The number of amides is 4. The number of imide groups is 1. The molecule has 1 aromatic rings. The molecule has 1 aromatic carbocycles. The van der Waals surface area contributed by atoms with Gasteiger partial charge in [-0.2, -0.15) is 8.78 Å². The van der Waals surface area contributed by atoms with Gasteiger partial charge in [-0.1, -0.05) is 24.8 Å². The Morgan fingerprint density at radius 1 is 1.38 bits per heavy atom. The molecule has 4 amide bonds. The molecule has 0 radical (unpaired) electrons. The molecule has 1 unspecified atom stereocenters. The Bertz CT molecular complexity index is 1050. The minimum absolute atomic E-state index is 0.145. The average molecular weight is 444 g/mol. The summed E-state index contributed by atoms with van der Waals surface area (Å²) < 4.78 is 28.8. The number of aliphatic imine (C=N–C) groups is 1. The van der Waals surface area contributed by atoms with Crippen LogP contribution in [0.25, 0.3) is 0 Å². The predicted molar refractivity (Wildman–Crippen MR) is 112 cm³/mol. The van der Waals surface area contributed by atoms with Crippen molar-refractivity contribution in [2.45, 2.75) is 44.8 Å². The topological polar surface area (TPSA) is 108 Å². The Balaban J connectivity index is 1.69. The molecule has 0 spiro atoms. The lowest BCUT2D eigenvalue weighted by molar-refractivity contribution is -0.141. The van der Waals surface area contributed by atoms with E-state index in [9.17, 15) is 28.0 Å². The number of rotatable bonds is 7. The molecule has 10 heteroatoms. The summed E-state index contributed by atoms with van der Waals surface area (Å²) in [4.78, 5) is 53.2. The SMILES string of the molecule is C=C/C=C(\N=C/C)C(F)(F)C(=O)NCc1ccc2c(c1)CN(C1CCC(=O)NC1=O)C2=O. The van der Waals surface area contributed by atoms with Crippen LogP contribution in [0.3, 0.4) is 0 Å². The number of carbonyl (C=O) groups is 4. The van der Waals surface area contributed by atoms with Gasteiger partial charge in [0, 0.05) is 31.3 Å². The van der Waals surface area contributed by atoms with Crippen molar-refractivity contribution in [1.82, 2.24) is 15.5 Å². The maximum Gasteiger partial charge on any atom is 0.366 e. The van der Waals surface area contributed by atoms with Crippen LogP contribution in [0.1, 0.15) is 41.3 Å². The number of hydrogen-bond acceptors (Lipinski definition) is 5. The van der Waals surface area contributed by atoms with E-state index < -0.39 is 29.5 Å². The number of halogens is 2. The van der Waals surface area contributed by atoms with Gasteiger partial charge in [0.25, 0.3) is 11.8 Å². The van der Waals surface area contributed by atoms with E-state index >= 15 is 0 Å². The first-order chi connectivity index (χ1) is 15.2. The summed E-state index contributed by atoms with van der Waals surface area (Å²) in [6.07, 6.45) is 3.62. The quantitative estimate of drug-likeness (QED) is 0.380. The van der Waals surface area contributed by atoms with Gasteiger partial charge < -0.3 is 10.2 Å². The molecule has 32 heavy (non-hydrogen) atoms. The second-order valence-electron chi connectivity index (χ2n) is 7.32. The molecule has 0 bridgehead atoms. The van der Waals surface area contributed by atoms with Gasteiger partial charge in [-0.15, -0.1) is 0 Å². The molecule has 168 valence electrons. The van der Waals surface area contributed by atoms with E-state index in [2.05, 4.69) is 22.2 Å². The third-order valence-electron chi connectivity index (χ3n) is 5.19. The van der Waals surface area contributed by atoms with Crippen molar-refractivity contribution >= 4 is 29.8 Å². The number of piperidine rings is 1. The minimum atomic E-state index is -3.85. The Hall–Kier alpha value is -3.69. The molecule has 2 aliphatic heterocycles. The van der Waals surface area contributed by atoms with Gasteiger partial charge in [0.05, 0.1) is 0 Å². The summed E-state index contributed by atoms with van der Waals surface area (Å²) in [5.74, 6) is -6.60. The molecular weight excluding hydrogens is 422 g/mol. The zero-order chi connectivity index (χ0) is 23.5. The summed E-state index contributed by atoms with van der Waals surface area (Å²) in [7, 11) is 0. The number of allylic oxidation sites excluding steroid dienone is 2. The Labute approximate surface area is 183 Å². The first-order valence-electron chi connectivity index (χ1n) is 9.93. The Kier molecular flexibility index (Phi) is 6.61. The van der Waals surface area contributed by atoms with Gasteiger partial charge in [-0.3, -0.25) is 29.5 Å². The van der Waals surface area contributed by atoms with Crippen molar-refractivity contribution in [3.63, 3.8) is 0 Å². The number of carbonyl (C=O) groups excluding carboxylic acids is 4. The lowest BCUT2D eigenvalue weighted by atomic mass is 10.0. The zero-order valence-electron chi connectivity index (χ0n) is 17.4. The van der Waals surface area contributed by atoms with E-state index in [1.165, 1.54) is 17.9 Å². The number of benzene rings is 1. The van der Waals surface area contributed by atoms with Crippen molar-refractivity contribution in [2.24, 2.45) is 4.99 Å². The monoisotopic (exact) mass is 444 g/mol. The highest BCUT2D eigenvalue weighted by molar-refractivity contribution is 6.05. The van der Waals surface area contributed by atoms with E-state index in [1.807, 2.05) is 0 Å². The van der Waals surface area contributed by atoms with Gasteiger partial charge in [0.2, 0.25) is 11.8 Å². The lowest BCUT2D eigenvalue weighted by Crippen LogP contribution is -2.52. The largest absolute Gasteiger partial charge is 0.366 e. The van der Waals surface area contributed by atoms with Crippen molar-refractivity contribution in [1.29, 1.82) is 0 Å². The number of nitrogens with zero attached hydrogens (tertiary/aromatic N) is 2. The van der Waals surface area contributed by atoms with E-state index in [-0.39, 0.29) is 37.7 Å². The number of hydrogen-bond donors (Lipinski definition) is 2. The van der Waals surface area contributed by atoms with Gasteiger partial charge >= 0.3 is 5.92 Å². The van der Waals surface area contributed by atoms with Crippen LogP contribution in [0.4, 0.5) is 8.78 Å². The molecular formula is C22H22F2N4O4. The second-order valence-corrected chi connectivity index (χ2v) is 7.32. The van der Waals surface area contributed by atoms with Crippen LogP contribution < -0.4 is 10.6 Å². The third kappa shape index (κ3) is 4.48. The van der Waals surface area contributed by atoms with Gasteiger partial charge in [0.1, 0.15) is 11.7 Å². The fourth-order valence-electron chi connectivity index (χ4n) is 3.63. The van der Waals surface area contributed by atoms with Crippen molar-refractivity contribution < 1.29 is 28.0 Å². The van der Waals surface area contributed by atoms with Crippen LogP contribution in [-0.2, 0) is 27.5 Å². The molecule has 2 aliphatic rings. The van der Waals surface area contributed by atoms with Crippen molar-refractivity contribution in [3.05, 3.63) is 59.3 Å². The van der Waals surface area contributed by atoms with Crippen molar-refractivity contribution in [2.75, 3.05) is 0 Å². The molecule has 1 fully saturated rings. The Morgan fingerprint density at radius 2 is 2.12 bits per heavy atom. The molecule has 0 aromatic heterocycles. The molecule has 1 atom stereocenters. The molecule has 2 N–H and O–H groups in total. The summed E-state index contributed by atoms with van der Waals surface area (Å²) in [5.41, 5.74) is 0.788. The van der Waals surface area contributed by atoms with E-state index in [1.54, 1.807) is 12.1 Å². The molecule has 3 rings (SSSR count). The zero-order valence-corrected chi connectivity index (χ0v) is 17.4. The minimum Gasteiger partial charge on any atom is -0.346 e. The van der Waals surface area contributed by atoms with E-state index in [0.29, 0.717) is 16.7 Å². The average Bonchev–Trinajstić information content (AvgIpc) is 3.07. The second kappa shape index (κ2) is 9.21. The first kappa shape index (κ1) is 23.0. The van der Waals surface area contributed by atoms with Crippen LogP contribution in [0.15, 0.2) is 47.6 Å². The normalized spacial score (nSPS) is 19.2. The predicted octanol–water partition coefficient (Wildman–Crippen LogP) is 1.86. The molecule has 0 aliphatic carbocycles. The van der Waals surface area contributed by atoms with Crippen molar-refractivity contribution in [3.8, 4) is 0 Å². The first-order valence-corrected chi connectivity index (χ1v) is 9.93. The molecule has 2 heterocycles. The van der Waals surface area contributed by atoms with Gasteiger partial charge in [0.15, 0.2) is 0 Å². The van der Waals surface area contributed by atoms with E-state index in [0.717, 1.165) is 18.4 Å². The van der Waals surface area contributed by atoms with Crippen LogP contribution in [0, 0.1) is 0 Å². The molecule has 0 saturated carbocycles. The summed E-state index contributed by atoms with van der Waals surface area (Å²) in [6, 6.07) is 3.97. The highest BCUT2D eigenvalue weighted by Crippen LogP contribution is 2.29. The third-order valence-corrected chi connectivity index (χ3v) is 5.19. The smallest absolute Gasteiger partial charge is 0.346 e. The molecule has 8 nitrogen and oxygen atoms in total. The van der Waals surface area contributed by atoms with E-state index in [4.69, 9.17) is 0 Å². The fraction of sp³-hybridized carbons (Fsp3) is 0.318. The summed E-state index contributed by atoms with van der Waals surface area (Å²) >= 11 is 0. The highest BCUT2D eigenvalue weighted by Gasteiger charge is 2.43. The standard InChI is InChI=1S/C22H22F2N4O4/c1-3-5-17(25-4-2)22(23,24)21(32)26-11-13-6-7-15-14(10-13)12-28(20(15)31)16-8-9-18(29)27-19(16)30/h3-7,10,16H,1,8-9,11-12H2,2H3,(H,26,32)(H,27,29,30)/b17-5-,25-4-. The Morgan fingerprint density at radius 3 is 2.78 bits per heavy atom. The van der Waals surface area contributed by atoms with Crippen LogP contribution in [0.5, 0.6) is 0 Å².